The maximum atomic E-state index is 12.5. The predicted molar refractivity (Wildman–Crippen MR) is 115 cm³/mol. The van der Waals surface area contributed by atoms with Gasteiger partial charge in [-0.2, -0.15) is 8.78 Å². The lowest BCUT2D eigenvalue weighted by Gasteiger charge is -2.35. The average Bonchev–Trinajstić information content (AvgIpc) is 2.79. The predicted octanol–water partition coefficient (Wildman–Crippen LogP) is 3.96. The van der Waals surface area contributed by atoms with E-state index < -0.39 is 11.5 Å². The number of nitro groups is 1. The van der Waals surface area contributed by atoms with E-state index in [1.165, 1.54) is 30.3 Å². The van der Waals surface area contributed by atoms with Crippen molar-refractivity contribution < 1.29 is 28.0 Å². The Morgan fingerprint density at radius 2 is 1.81 bits per heavy atom. The second-order valence-electron chi connectivity index (χ2n) is 6.94. The van der Waals surface area contributed by atoms with Gasteiger partial charge < -0.3 is 19.3 Å². The molecule has 0 atom stereocenters. The summed E-state index contributed by atoms with van der Waals surface area (Å²) in [6.45, 7) is 1.27. The summed E-state index contributed by atoms with van der Waals surface area (Å²) in [5.41, 5.74) is 1.52. The van der Waals surface area contributed by atoms with E-state index in [1.807, 2.05) is 0 Å². The Hall–Kier alpha value is -3.69. The van der Waals surface area contributed by atoms with Crippen molar-refractivity contribution in [2.45, 2.75) is 13.5 Å². The SMILES string of the molecule is CCOc1cc(/C=C/C(=O)N2CCN(c3ccc([N+](=O)[O-])cc3)CC2)ccc1OC(F)F. The van der Waals surface area contributed by atoms with Crippen LogP contribution in [-0.2, 0) is 4.79 Å². The summed E-state index contributed by atoms with van der Waals surface area (Å²) in [4.78, 5) is 26.7. The van der Waals surface area contributed by atoms with Crippen LogP contribution in [0, 0.1) is 10.1 Å². The highest BCUT2D eigenvalue weighted by molar-refractivity contribution is 5.92. The Morgan fingerprint density at radius 3 is 2.41 bits per heavy atom. The molecule has 1 aliphatic heterocycles. The molecule has 2 aromatic carbocycles. The van der Waals surface area contributed by atoms with Crippen LogP contribution in [0.1, 0.15) is 12.5 Å². The first-order chi connectivity index (χ1) is 15.4. The van der Waals surface area contributed by atoms with Crippen LogP contribution in [0.3, 0.4) is 0 Å². The number of nitrogens with zero attached hydrogens (tertiary/aromatic N) is 3. The van der Waals surface area contributed by atoms with Crippen LogP contribution >= 0.6 is 0 Å². The van der Waals surface area contributed by atoms with Crippen LogP contribution in [0.5, 0.6) is 11.5 Å². The number of benzene rings is 2. The van der Waals surface area contributed by atoms with Crippen molar-refractivity contribution in [3.8, 4) is 11.5 Å². The van der Waals surface area contributed by atoms with E-state index in [0.717, 1.165) is 5.69 Å². The molecule has 0 spiro atoms. The molecule has 8 nitrogen and oxygen atoms in total. The largest absolute Gasteiger partial charge is 0.490 e. The van der Waals surface area contributed by atoms with Gasteiger partial charge in [0, 0.05) is 50.1 Å². The number of ether oxygens (including phenoxy) is 2. The normalized spacial score (nSPS) is 14.1. The fourth-order valence-corrected chi connectivity index (χ4v) is 3.33. The third-order valence-electron chi connectivity index (χ3n) is 4.92. The van der Waals surface area contributed by atoms with Crippen molar-refractivity contribution in [3.05, 3.63) is 64.2 Å². The van der Waals surface area contributed by atoms with Gasteiger partial charge in [0.15, 0.2) is 11.5 Å². The van der Waals surface area contributed by atoms with Gasteiger partial charge in [0.1, 0.15) is 0 Å². The number of halogens is 2. The lowest BCUT2D eigenvalue weighted by atomic mass is 10.1. The third kappa shape index (κ3) is 5.93. The van der Waals surface area contributed by atoms with Crippen molar-refractivity contribution in [3.63, 3.8) is 0 Å². The van der Waals surface area contributed by atoms with Crippen LogP contribution in [-0.4, -0.2) is 55.1 Å². The van der Waals surface area contributed by atoms with Gasteiger partial charge in [-0.3, -0.25) is 14.9 Å². The van der Waals surface area contributed by atoms with E-state index in [4.69, 9.17) is 4.74 Å². The van der Waals surface area contributed by atoms with E-state index in [9.17, 15) is 23.7 Å². The van der Waals surface area contributed by atoms with Gasteiger partial charge in [0.05, 0.1) is 11.5 Å². The maximum absolute atomic E-state index is 12.5. The summed E-state index contributed by atoms with van der Waals surface area (Å²) in [5.74, 6) is -0.0500. The fourth-order valence-electron chi connectivity index (χ4n) is 3.33. The summed E-state index contributed by atoms with van der Waals surface area (Å²) in [6.07, 6.45) is 3.03. The van der Waals surface area contributed by atoms with E-state index >= 15 is 0 Å². The third-order valence-corrected chi connectivity index (χ3v) is 4.92. The molecule has 0 aromatic heterocycles. The number of alkyl halides is 2. The monoisotopic (exact) mass is 447 g/mol. The highest BCUT2D eigenvalue weighted by Gasteiger charge is 2.20. The molecule has 1 fully saturated rings. The average molecular weight is 447 g/mol. The van der Waals surface area contributed by atoms with Crippen molar-refractivity contribution in [2.24, 2.45) is 0 Å². The zero-order chi connectivity index (χ0) is 23.1. The number of hydrogen-bond donors (Lipinski definition) is 0. The van der Waals surface area contributed by atoms with Crippen molar-refractivity contribution >= 4 is 23.4 Å². The number of carbonyl (C=O) groups is 1. The quantitative estimate of drug-likeness (QED) is 0.346. The molecule has 0 bridgehead atoms. The fraction of sp³-hybridized carbons (Fsp3) is 0.318. The summed E-state index contributed by atoms with van der Waals surface area (Å²) in [6, 6.07) is 10.8. The maximum Gasteiger partial charge on any atom is 0.387 e. The van der Waals surface area contributed by atoms with E-state index in [2.05, 4.69) is 9.64 Å². The molecular weight excluding hydrogens is 424 g/mol. The van der Waals surface area contributed by atoms with Gasteiger partial charge in [0.2, 0.25) is 5.91 Å². The van der Waals surface area contributed by atoms with E-state index in [0.29, 0.717) is 31.7 Å². The van der Waals surface area contributed by atoms with Gasteiger partial charge in [-0.15, -0.1) is 0 Å². The summed E-state index contributed by atoms with van der Waals surface area (Å²) in [7, 11) is 0. The van der Waals surface area contributed by atoms with Crippen LogP contribution in [0.4, 0.5) is 20.2 Å². The van der Waals surface area contributed by atoms with Crippen LogP contribution in [0.2, 0.25) is 0 Å². The number of nitro benzene ring substituents is 1. The Balaban J connectivity index is 1.58. The topological polar surface area (TPSA) is 85.2 Å². The highest BCUT2D eigenvalue weighted by atomic mass is 19.3. The van der Waals surface area contributed by atoms with Crippen molar-refractivity contribution in [1.82, 2.24) is 4.90 Å². The summed E-state index contributed by atoms with van der Waals surface area (Å²) < 4.78 is 34.8. The zero-order valence-corrected chi connectivity index (χ0v) is 17.4. The molecule has 3 rings (SSSR count). The van der Waals surface area contributed by atoms with Crippen molar-refractivity contribution in [1.29, 1.82) is 0 Å². The molecule has 0 aliphatic carbocycles. The molecule has 10 heteroatoms. The minimum Gasteiger partial charge on any atom is -0.490 e. The van der Waals surface area contributed by atoms with Crippen molar-refractivity contribution in [2.75, 3.05) is 37.7 Å². The number of anilines is 1. The molecule has 0 N–H and O–H groups in total. The molecule has 0 radical (unpaired) electrons. The summed E-state index contributed by atoms with van der Waals surface area (Å²) in [5, 5.41) is 10.8. The molecule has 1 aliphatic rings. The Labute approximate surface area is 183 Å². The lowest BCUT2D eigenvalue weighted by molar-refractivity contribution is -0.384. The van der Waals surface area contributed by atoms with E-state index in [1.54, 1.807) is 36.1 Å². The number of hydrogen-bond acceptors (Lipinski definition) is 6. The lowest BCUT2D eigenvalue weighted by Crippen LogP contribution is -2.48. The second kappa shape index (κ2) is 10.6. The molecule has 170 valence electrons. The van der Waals surface area contributed by atoms with Gasteiger partial charge in [-0.05, 0) is 42.8 Å². The van der Waals surface area contributed by atoms with Crippen LogP contribution in [0.15, 0.2) is 48.5 Å². The Kier molecular flexibility index (Phi) is 7.58. The first-order valence-electron chi connectivity index (χ1n) is 10.1. The van der Waals surface area contributed by atoms with Crippen LogP contribution in [0.25, 0.3) is 6.08 Å². The Bertz CT molecular complexity index is 974. The van der Waals surface area contributed by atoms with Crippen LogP contribution < -0.4 is 14.4 Å². The minimum atomic E-state index is -2.96. The first kappa shape index (κ1) is 23.0. The smallest absolute Gasteiger partial charge is 0.387 e. The first-order valence-corrected chi connectivity index (χ1v) is 10.1. The molecular formula is C22H23F2N3O5. The van der Waals surface area contributed by atoms with Gasteiger partial charge in [-0.25, -0.2) is 0 Å². The Morgan fingerprint density at radius 1 is 1.12 bits per heavy atom. The van der Waals surface area contributed by atoms with Gasteiger partial charge >= 0.3 is 6.61 Å². The van der Waals surface area contributed by atoms with Gasteiger partial charge in [-0.1, -0.05) is 6.07 Å². The summed E-state index contributed by atoms with van der Waals surface area (Å²) >= 11 is 0. The number of rotatable bonds is 8. The molecule has 0 saturated carbocycles. The molecule has 0 unspecified atom stereocenters. The number of piperazine rings is 1. The van der Waals surface area contributed by atoms with E-state index in [-0.39, 0.29) is 29.7 Å². The number of amides is 1. The molecule has 1 amide bonds. The number of carbonyl (C=O) groups excluding carboxylic acids is 1. The minimum absolute atomic E-state index is 0.0361. The zero-order valence-electron chi connectivity index (χ0n) is 17.4. The van der Waals surface area contributed by atoms with Gasteiger partial charge in [0.25, 0.3) is 5.69 Å². The highest BCUT2D eigenvalue weighted by Crippen LogP contribution is 2.30. The second-order valence-corrected chi connectivity index (χ2v) is 6.94. The standard InChI is InChI=1S/C22H23F2N3O5/c1-2-31-20-15-16(3-9-19(20)32-22(23)24)4-10-21(28)26-13-11-25(12-14-26)17-5-7-18(8-6-17)27(29)30/h3-10,15,22H,2,11-14H2,1H3/b10-4+. The number of non-ortho nitro benzene ring substituents is 1. The molecule has 32 heavy (non-hydrogen) atoms. The molecule has 1 heterocycles. The molecule has 2 aromatic rings. The molecule has 1 saturated heterocycles.